The third-order valence-electron chi connectivity index (χ3n) is 3.21. The lowest BCUT2D eigenvalue weighted by Gasteiger charge is -2.10. The fraction of sp³-hybridized carbons (Fsp3) is 0.294. The minimum absolute atomic E-state index is 0.154. The zero-order valence-corrected chi connectivity index (χ0v) is 12.9. The molecule has 22 heavy (non-hydrogen) atoms. The minimum atomic E-state index is -0.154. The molecule has 0 aliphatic heterocycles. The van der Waals surface area contributed by atoms with Crippen LogP contribution in [0.1, 0.15) is 29.3 Å². The lowest BCUT2D eigenvalue weighted by atomic mass is 10.2. The van der Waals surface area contributed by atoms with Crippen LogP contribution < -0.4 is 15.4 Å². The highest BCUT2D eigenvalue weighted by Gasteiger charge is 2.08. The monoisotopic (exact) mass is 299 g/mol. The first kappa shape index (κ1) is 15.8. The summed E-state index contributed by atoms with van der Waals surface area (Å²) in [5.41, 5.74) is 2.33. The fourth-order valence-corrected chi connectivity index (χ4v) is 2.06. The summed E-state index contributed by atoms with van der Waals surface area (Å²) in [5.74, 6) is 0.609. The summed E-state index contributed by atoms with van der Waals surface area (Å²) in [5, 5.41) is 6.11. The third-order valence-corrected chi connectivity index (χ3v) is 3.21. The van der Waals surface area contributed by atoms with Crippen molar-refractivity contribution < 1.29 is 9.53 Å². The summed E-state index contributed by atoms with van der Waals surface area (Å²) >= 11 is 0. The number of methoxy groups -OCH3 is 1. The maximum atomic E-state index is 12.2. The lowest BCUT2D eigenvalue weighted by molar-refractivity contribution is 0.0950. The topological polar surface area (TPSA) is 63.2 Å². The molecule has 1 aromatic carbocycles. The van der Waals surface area contributed by atoms with Crippen molar-refractivity contribution in [2.24, 2.45) is 0 Å². The van der Waals surface area contributed by atoms with Crippen molar-refractivity contribution in [1.29, 1.82) is 0 Å². The highest BCUT2D eigenvalue weighted by Crippen LogP contribution is 2.17. The van der Waals surface area contributed by atoms with Crippen molar-refractivity contribution in [3.05, 3.63) is 53.9 Å². The van der Waals surface area contributed by atoms with Crippen molar-refractivity contribution in [2.75, 3.05) is 19.0 Å². The Kier molecular flexibility index (Phi) is 5.77. The van der Waals surface area contributed by atoms with E-state index in [1.54, 1.807) is 25.6 Å². The maximum absolute atomic E-state index is 12.2. The molecule has 0 fully saturated rings. The van der Waals surface area contributed by atoms with E-state index in [1.807, 2.05) is 24.3 Å². The standard InChI is InChI=1S/C17H21N3O2/c1-3-8-19-15-9-14(10-18-12-15)17(21)20-11-13-6-4-5-7-16(13)22-2/h4-7,9-10,12,19H,3,8,11H2,1-2H3,(H,20,21). The molecule has 2 rings (SSSR count). The van der Waals surface area contributed by atoms with E-state index in [0.29, 0.717) is 12.1 Å². The third kappa shape index (κ3) is 4.22. The quantitative estimate of drug-likeness (QED) is 0.825. The molecule has 0 radical (unpaired) electrons. The molecule has 0 saturated heterocycles. The van der Waals surface area contributed by atoms with Crippen LogP contribution in [-0.2, 0) is 6.54 Å². The van der Waals surface area contributed by atoms with Crippen LogP contribution in [-0.4, -0.2) is 24.5 Å². The minimum Gasteiger partial charge on any atom is -0.496 e. The van der Waals surface area contributed by atoms with E-state index in [2.05, 4.69) is 22.5 Å². The summed E-state index contributed by atoms with van der Waals surface area (Å²) in [7, 11) is 1.62. The predicted molar refractivity (Wildman–Crippen MR) is 87.2 cm³/mol. The number of hydrogen-bond donors (Lipinski definition) is 2. The Morgan fingerprint density at radius 3 is 2.86 bits per heavy atom. The molecule has 0 aliphatic carbocycles. The van der Waals surface area contributed by atoms with E-state index in [0.717, 1.165) is 30.0 Å². The molecule has 5 nitrogen and oxygen atoms in total. The Morgan fingerprint density at radius 1 is 1.27 bits per heavy atom. The summed E-state index contributed by atoms with van der Waals surface area (Å²) in [6, 6.07) is 9.42. The molecular weight excluding hydrogens is 278 g/mol. The molecule has 0 atom stereocenters. The van der Waals surface area contributed by atoms with Crippen molar-refractivity contribution in [2.45, 2.75) is 19.9 Å². The van der Waals surface area contributed by atoms with Crippen LogP contribution in [0.2, 0.25) is 0 Å². The molecule has 0 bridgehead atoms. The molecule has 116 valence electrons. The Hall–Kier alpha value is -2.56. The van der Waals surface area contributed by atoms with Crippen LogP contribution in [0, 0.1) is 0 Å². The average molecular weight is 299 g/mol. The lowest BCUT2D eigenvalue weighted by Crippen LogP contribution is -2.23. The van der Waals surface area contributed by atoms with Crippen LogP contribution in [0.5, 0.6) is 5.75 Å². The van der Waals surface area contributed by atoms with Gasteiger partial charge in [-0.05, 0) is 18.6 Å². The number of nitrogens with zero attached hydrogens (tertiary/aromatic N) is 1. The normalized spacial score (nSPS) is 10.1. The van der Waals surface area contributed by atoms with Gasteiger partial charge in [-0.15, -0.1) is 0 Å². The molecule has 1 heterocycles. The molecule has 0 saturated carbocycles. The molecule has 1 amide bonds. The Labute approximate surface area is 130 Å². The van der Waals surface area contributed by atoms with Crippen LogP contribution >= 0.6 is 0 Å². The van der Waals surface area contributed by atoms with E-state index >= 15 is 0 Å². The smallest absolute Gasteiger partial charge is 0.253 e. The largest absolute Gasteiger partial charge is 0.496 e. The van der Waals surface area contributed by atoms with Gasteiger partial charge < -0.3 is 15.4 Å². The van der Waals surface area contributed by atoms with Gasteiger partial charge in [0.25, 0.3) is 5.91 Å². The summed E-state index contributed by atoms with van der Waals surface area (Å²) in [6.45, 7) is 3.35. The number of benzene rings is 1. The van der Waals surface area contributed by atoms with E-state index in [9.17, 15) is 4.79 Å². The fourth-order valence-electron chi connectivity index (χ4n) is 2.06. The molecule has 2 N–H and O–H groups in total. The van der Waals surface area contributed by atoms with E-state index in [4.69, 9.17) is 4.74 Å². The first-order valence-corrected chi connectivity index (χ1v) is 7.33. The second-order valence-electron chi connectivity index (χ2n) is 4.88. The maximum Gasteiger partial charge on any atom is 0.253 e. The van der Waals surface area contributed by atoms with Crippen molar-refractivity contribution in [3.8, 4) is 5.75 Å². The second-order valence-corrected chi connectivity index (χ2v) is 4.88. The molecule has 0 unspecified atom stereocenters. The predicted octanol–water partition coefficient (Wildman–Crippen LogP) is 2.84. The number of aromatic nitrogens is 1. The molecule has 5 heteroatoms. The van der Waals surface area contributed by atoms with Gasteiger partial charge in [-0.2, -0.15) is 0 Å². The summed E-state index contributed by atoms with van der Waals surface area (Å²) in [4.78, 5) is 16.3. The van der Waals surface area contributed by atoms with Gasteiger partial charge in [-0.1, -0.05) is 25.1 Å². The molecule has 0 spiro atoms. The van der Waals surface area contributed by atoms with Crippen molar-refractivity contribution in [1.82, 2.24) is 10.3 Å². The molecule has 2 aromatic rings. The van der Waals surface area contributed by atoms with Gasteiger partial charge in [-0.3, -0.25) is 9.78 Å². The Bertz CT molecular complexity index is 629. The number of anilines is 1. The van der Waals surface area contributed by atoms with E-state index in [1.165, 1.54) is 0 Å². The zero-order valence-electron chi connectivity index (χ0n) is 12.9. The molecule has 1 aromatic heterocycles. The number of carbonyl (C=O) groups excluding carboxylic acids is 1. The summed E-state index contributed by atoms with van der Waals surface area (Å²) in [6.07, 6.45) is 4.30. The number of nitrogens with one attached hydrogen (secondary N) is 2. The molecule has 0 aliphatic rings. The van der Waals surface area contributed by atoms with Crippen LogP contribution in [0.4, 0.5) is 5.69 Å². The Morgan fingerprint density at radius 2 is 2.09 bits per heavy atom. The van der Waals surface area contributed by atoms with E-state index < -0.39 is 0 Å². The number of pyridine rings is 1. The zero-order chi connectivity index (χ0) is 15.8. The van der Waals surface area contributed by atoms with Crippen LogP contribution in [0.25, 0.3) is 0 Å². The van der Waals surface area contributed by atoms with Crippen molar-refractivity contribution >= 4 is 11.6 Å². The number of hydrogen-bond acceptors (Lipinski definition) is 4. The number of para-hydroxylation sites is 1. The van der Waals surface area contributed by atoms with Gasteiger partial charge in [0, 0.05) is 31.0 Å². The Balaban J connectivity index is 2.00. The number of rotatable bonds is 7. The molecular formula is C17H21N3O2. The SMILES string of the molecule is CCCNc1cncc(C(=O)NCc2ccccc2OC)c1. The summed E-state index contributed by atoms with van der Waals surface area (Å²) < 4.78 is 5.27. The first-order valence-electron chi connectivity index (χ1n) is 7.33. The van der Waals surface area contributed by atoms with Gasteiger partial charge in [0.05, 0.1) is 18.4 Å². The van der Waals surface area contributed by atoms with Gasteiger partial charge in [0.2, 0.25) is 0 Å². The number of amides is 1. The number of ether oxygens (including phenoxy) is 1. The highest BCUT2D eigenvalue weighted by molar-refractivity contribution is 5.94. The van der Waals surface area contributed by atoms with Crippen molar-refractivity contribution in [3.63, 3.8) is 0 Å². The van der Waals surface area contributed by atoms with Gasteiger partial charge >= 0.3 is 0 Å². The van der Waals surface area contributed by atoms with Crippen LogP contribution in [0.15, 0.2) is 42.7 Å². The van der Waals surface area contributed by atoms with Crippen LogP contribution in [0.3, 0.4) is 0 Å². The highest BCUT2D eigenvalue weighted by atomic mass is 16.5. The van der Waals surface area contributed by atoms with Gasteiger partial charge in [-0.25, -0.2) is 0 Å². The second kappa shape index (κ2) is 8.02. The average Bonchev–Trinajstić information content (AvgIpc) is 2.58. The van der Waals surface area contributed by atoms with Gasteiger partial charge in [0.15, 0.2) is 0 Å². The first-order chi connectivity index (χ1) is 10.7. The number of carbonyl (C=O) groups is 1. The van der Waals surface area contributed by atoms with E-state index in [-0.39, 0.29) is 5.91 Å². The van der Waals surface area contributed by atoms with Gasteiger partial charge in [0.1, 0.15) is 5.75 Å².